The Hall–Kier alpha value is -3.29. The van der Waals surface area contributed by atoms with Gasteiger partial charge in [-0.1, -0.05) is 48.0 Å². The van der Waals surface area contributed by atoms with E-state index in [-0.39, 0.29) is 33.1 Å². The average molecular weight is 440 g/mol. The van der Waals surface area contributed by atoms with Crippen molar-refractivity contribution in [3.8, 4) is 0 Å². The number of hydrogen-bond donors (Lipinski definition) is 1. The van der Waals surface area contributed by atoms with Crippen LogP contribution in [-0.2, 0) is 14.6 Å². The maximum atomic E-state index is 13.0. The van der Waals surface area contributed by atoms with Crippen LogP contribution in [0.2, 0.25) is 5.02 Å². The van der Waals surface area contributed by atoms with Crippen molar-refractivity contribution in [2.24, 2.45) is 0 Å². The van der Waals surface area contributed by atoms with Gasteiger partial charge in [0.1, 0.15) is 5.75 Å². The molecule has 30 heavy (non-hydrogen) atoms. The second kappa shape index (κ2) is 7.51. The predicted molar refractivity (Wildman–Crippen MR) is 112 cm³/mol. The van der Waals surface area contributed by atoms with E-state index >= 15 is 0 Å². The third kappa shape index (κ3) is 3.53. The first kappa shape index (κ1) is 20.0. The van der Waals surface area contributed by atoms with Crippen LogP contribution >= 0.6 is 11.6 Å². The Morgan fingerprint density at radius 1 is 0.800 bits per heavy atom. The Kier molecular flexibility index (Phi) is 5.01. The van der Waals surface area contributed by atoms with Crippen LogP contribution in [0, 0.1) is 0 Å². The third-order valence-corrected chi connectivity index (χ3v) is 6.61. The van der Waals surface area contributed by atoms with E-state index in [4.69, 9.17) is 11.6 Å². The topological polar surface area (TPSA) is 97.4 Å². The van der Waals surface area contributed by atoms with Crippen molar-refractivity contribution in [1.29, 1.82) is 0 Å². The maximum Gasteiger partial charge on any atom is 0.239 e. The number of amides is 1. The molecule has 1 N–H and O–H groups in total. The molecule has 3 aromatic carbocycles. The standard InChI is InChI=1S/C22H14ClNO5S/c23-13-8-10-14(11-9-13)30(28,29)12-19(25)24-18-7-3-6-17-20(18)22(27)16-5-2-1-4-15(16)21(17)26/h1-11H,12H2,(H,24,25). The van der Waals surface area contributed by atoms with Crippen molar-refractivity contribution in [3.05, 3.63) is 94.0 Å². The molecular weight excluding hydrogens is 426 g/mol. The average Bonchev–Trinajstić information content (AvgIpc) is 2.72. The highest BCUT2D eigenvalue weighted by molar-refractivity contribution is 7.92. The van der Waals surface area contributed by atoms with Gasteiger partial charge in [0, 0.05) is 21.7 Å². The van der Waals surface area contributed by atoms with Crippen LogP contribution in [0.5, 0.6) is 0 Å². The van der Waals surface area contributed by atoms with Crippen molar-refractivity contribution in [2.45, 2.75) is 4.90 Å². The van der Waals surface area contributed by atoms with Gasteiger partial charge in [-0.2, -0.15) is 0 Å². The van der Waals surface area contributed by atoms with E-state index in [0.29, 0.717) is 10.6 Å². The number of anilines is 1. The van der Waals surface area contributed by atoms with E-state index in [2.05, 4.69) is 5.32 Å². The van der Waals surface area contributed by atoms with Gasteiger partial charge in [-0.05, 0) is 30.3 Å². The van der Waals surface area contributed by atoms with E-state index in [0.717, 1.165) is 0 Å². The fourth-order valence-corrected chi connectivity index (χ4v) is 4.59. The summed E-state index contributed by atoms with van der Waals surface area (Å²) < 4.78 is 25.0. The van der Waals surface area contributed by atoms with Gasteiger partial charge in [0.05, 0.1) is 16.1 Å². The molecule has 0 fully saturated rings. The highest BCUT2D eigenvalue weighted by Gasteiger charge is 2.32. The van der Waals surface area contributed by atoms with E-state index < -0.39 is 27.3 Å². The van der Waals surface area contributed by atoms with Crippen LogP contribution in [0.25, 0.3) is 0 Å². The molecule has 150 valence electrons. The van der Waals surface area contributed by atoms with E-state index in [1.54, 1.807) is 24.3 Å². The zero-order chi connectivity index (χ0) is 21.5. The van der Waals surface area contributed by atoms with Gasteiger partial charge in [0.2, 0.25) is 5.91 Å². The summed E-state index contributed by atoms with van der Waals surface area (Å²) in [5, 5.41) is 2.84. The third-order valence-electron chi connectivity index (χ3n) is 4.72. The van der Waals surface area contributed by atoms with Crippen LogP contribution in [-0.4, -0.2) is 31.6 Å². The molecule has 0 aliphatic heterocycles. The predicted octanol–water partition coefficient (Wildman–Crippen LogP) is 3.53. The quantitative estimate of drug-likeness (QED) is 0.524. The molecule has 6 nitrogen and oxygen atoms in total. The Balaban J connectivity index is 1.64. The van der Waals surface area contributed by atoms with Gasteiger partial charge in [-0.15, -0.1) is 0 Å². The number of hydrogen-bond acceptors (Lipinski definition) is 5. The molecule has 4 rings (SSSR count). The normalized spacial score (nSPS) is 12.8. The fraction of sp³-hybridized carbons (Fsp3) is 0.0455. The van der Waals surface area contributed by atoms with Crippen LogP contribution < -0.4 is 5.32 Å². The maximum absolute atomic E-state index is 13.0. The number of ketones is 2. The van der Waals surface area contributed by atoms with Crippen molar-refractivity contribution in [2.75, 3.05) is 11.1 Å². The minimum atomic E-state index is -3.91. The van der Waals surface area contributed by atoms with E-state index in [9.17, 15) is 22.8 Å². The molecule has 1 amide bonds. The first-order chi connectivity index (χ1) is 14.3. The zero-order valence-corrected chi connectivity index (χ0v) is 17.0. The Labute approximate surface area is 177 Å². The first-order valence-electron chi connectivity index (χ1n) is 8.87. The van der Waals surface area contributed by atoms with E-state index in [1.807, 2.05) is 0 Å². The van der Waals surface area contributed by atoms with Gasteiger partial charge in [0.15, 0.2) is 21.4 Å². The fourth-order valence-electron chi connectivity index (χ4n) is 3.33. The Bertz CT molecular complexity index is 1310. The summed E-state index contributed by atoms with van der Waals surface area (Å²) in [6.45, 7) is 0. The number of carbonyl (C=O) groups excluding carboxylic acids is 3. The summed E-state index contributed by atoms with van der Waals surface area (Å²) in [6, 6.07) is 16.4. The Morgan fingerprint density at radius 2 is 1.40 bits per heavy atom. The molecule has 0 bridgehead atoms. The molecule has 0 saturated carbocycles. The summed E-state index contributed by atoms with van der Waals surface area (Å²) in [6.07, 6.45) is 0. The zero-order valence-electron chi connectivity index (χ0n) is 15.4. The molecule has 1 aliphatic rings. The van der Waals surface area contributed by atoms with Gasteiger partial charge in [0.25, 0.3) is 0 Å². The molecule has 0 aromatic heterocycles. The van der Waals surface area contributed by atoms with Crippen LogP contribution in [0.15, 0.2) is 71.6 Å². The minimum Gasteiger partial charge on any atom is -0.324 e. The number of carbonyl (C=O) groups is 3. The molecule has 0 atom stereocenters. The summed E-state index contributed by atoms with van der Waals surface area (Å²) in [5.41, 5.74) is 0.849. The number of sulfone groups is 1. The number of rotatable bonds is 4. The van der Waals surface area contributed by atoms with E-state index in [1.165, 1.54) is 42.5 Å². The Morgan fingerprint density at radius 3 is 2.07 bits per heavy atom. The van der Waals surface area contributed by atoms with Gasteiger partial charge >= 0.3 is 0 Å². The minimum absolute atomic E-state index is 0.0441. The monoisotopic (exact) mass is 439 g/mol. The molecule has 0 spiro atoms. The molecular formula is C22H14ClNO5S. The lowest BCUT2D eigenvalue weighted by atomic mass is 9.83. The lowest BCUT2D eigenvalue weighted by molar-refractivity contribution is -0.113. The second-order valence-corrected chi connectivity index (χ2v) is 9.12. The molecule has 0 saturated heterocycles. The lowest BCUT2D eigenvalue weighted by Crippen LogP contribution is -2.27. The summed E-state index contributed by atoms with van der Waals surface area (Å²) in [5.74, 6) is -2.38. The van der Waals surface area contributed by atoms with Crippen molar-refractivity contribution in [3.63, 3.8) is 0 Å². The smallest absolute Gasteiger partial charge is 0.239 e. The molecule has 0 heterocycles. The van der Waals surface area contributed by atoms with Crippen molar-refractivity contribution < 1.29 is 22.8 Å². The van der Waals surface area contributed by atoms with Crippen molar-refractivity contribution in [1.82, 2.24) is 0 Å². The summed E-state index contributed by atoms with van der Waals surface area (Å²) >= 11 is 5.77. The molecule has 0 unspecified atom stereocenters. The number of halogens is 1. The first-order valence-corrected chi connectivity index (χ1v) is 10.9. The molecule has 3 aromatic rings. The van der Waals surface area contributed by atoms with Crippen LogP contribution in [0.1, 0.15) is 31.8 Å². The summed E-state index contributed by atoms with van der Waals surface area (Å²) in [7, 11) is -3.91. The number of fused-ring (bicyclic) bond motifs is 2. The summed E-state index contributed by atoms with van der Waals surface area (Å²) in [4.78, 5) is 38.2. The van der Waals surface area contributed by atoms with Gasteiger partial charge < -0.3 is 5.32 Å². The second-order valence-electron chi connectivity index (χ2n) is 6.69. The molecule has 8 heteroatoms. The van der Waals surface area contributed by atoms with Gasteiger partial charge in [-0.3, -0.25) is 14.4 Å². The highest BCUT2D eigenvalue weighted by Crippen LogP contribution is 2.32. The largest absolute Gasteiger partial charge is 0.324 e. The van der Waals surface area contributed by atoms with Crippen LogP contribution in [0.4, 0.5) is 5.69 Å². The number of nitrogens with one attached hydrogen (secondary N) is 1. The van der Waals surface area contributed by atoms with Gasteiger partial charge in [-0.25, -0.2) is 8.42 Å². The van der Waals surface area contributed by atoms with Crippen LogP contribution in [0.3, 0.4) is 0 Å². The molecule has 1 aliphatic carbocycles. The number of benzene rings is 3. The SMILES string of the molecule is O=C(CS(=O)(=O)c1ccc(Cl)cc1)Nc1cccc2c1C(=O)c1ccccc1C2=O. The lowest BCUT2D eigenvalue weighted by Gasteiger charge is -2.20. The van der Waals surface area contributed by atoms with Crippen molar-refractivity contribution >= 4 is 44.6 Å². The molecule has 0 radical (unpaired) electrons. The highest BCUT2D eigenvalue weighted by atomic mass is 35.5.